The molecule has 0 aliphatic heterocycles. The first-order valence-corrected chi connectivity index (χ1v) is 8.01. The van der Waals surface area contributed by atoms with E-state index in [-0.39, 0.29) is 12.3 Å². The van der Waals surface area contributed by atoms with Gasteiger partial charge >= 0.3 is 5.97 Å². The maximum Gasteiger partial charge on any atom is 0.303 e. The van der Waals surface area contributed by atoms with Gasteiger partial charge in [0.05, 0.1) is 26.4 Å². The fourth-order valence-corrected chi connectivity index (χ4v) is 2.24. The molecule has 138 valence electrons. The van der Waals surface area contributed by atoms with Crippen molar-refractivity contribution in [3.05, 3.63) is 48.0 Å². The zero-order valence-electron chi connectivity index (χ0n) is 14.7. The molecule has 0 saturated heterocycles. The number of ether oxygens (including phenoxy) is 3. The minimum Gasteiger partial charge on any atom is -0.497 e. The highest BCUT2D eigenvalue weighted by Gasteiger charge is 2.14. The van der Waals surface area contributed by atoms with Gasteiger partial charge in [0.15, 0.2) is 0 Å². The Hall–Kier alpha value is -3.22. The van der Waals surface area contributed by atoms with Gasteiger partial charge in [0.25, 0.3) is 5.91 Å². The number of carbonyl (C=O) groups is 2. The molecule has 2 aromatic carbocycles. The summed E-state index contributed by atoms with van der Waals surface area (Å²) in [6, 6.07) is 11.8. The molecule has 7 nitrogen and oxygen atoms in total. The molecule has 0 bridgehead atoms. The van der Waals surface area contributed by atoms with Crippen LogP contribution in [0.25, 0.3) is 0 Å². The van der Waals surface area contributed by atoms with E-state index in [0.29, 0.717) is 41.5 Å². The Morgan fingerprint density at radius 1 is 1.00 bits per heavy atom. The lowest BCUT2D eigenvalue weighted by molar-refractivity contribution is -0.137. The van der Waals surface area contributed by atoms with Gasteiger partial charge in [-0.25, -0.2) is 0 Å². The van der Waals surface area contributed by atoms with Crippen molar-refractivity contribution in [3.8, 4) is 17.2 Å². The van der Waals surface area contributed by atoms with Crippen molar-refractivity contribution >= 4 is 17.6 Å². The van der Waals surface area contributed by atoms with E-state index < -0.39 is 5.97 Å². The van der Waals surface area contributed by atoms with Crippen molar-refractivity contribution in [2.75, 3.05) is 26.1 Å². The first-order valence-electron chi connectivity index (χ1n) is 8.01. The molecule has 0 fully saturated rings. The topological polar surface area (TPSA) is 94.1 Å². The van der Waals surface area contributed by atoms with Gasteiger partial charge in [0.2, 0.25) is 0 Å². The summed E-state index contributed by atoms with van der Waals surface area (Å²) in [5.74, 6) is 0.436. The van der Waals surface area contributed by atoms with Crippen molar-refractivity contribution in [2.24, 2.45) is 0 Å². The molecule has 2 aromatic rings. The molecule has 0 aliphatic rings. The molecule has 0 spiro atoms. The summed E-state index contributed by atoms with van der Waals surface area (Å²) < 4.78 is 15.8. The van der Waals surface area contributed by atoms with Crippen LogP contribution in [0, 0.1) is 0 Å². The number of carboxylic acids is 1. The normalized spacial score (nSPS) is 10.1. The van der Waals surface area contributed by atoms with E-state index in [1.165, 1.54) is 14.2 Å². The fraction of sp³-hybridized carbons (Fsp3) is 0.263. The third-order valence-electron chi connectivity index (χ3n) is 3.57. The van der Waals surface area contributed by atoms with Crippen LogP contribution in [-0.4, -0.2) is 37.8 Å². The first kappa shape index (κ1) is 19.1. The van der Waals surface area contributed by atoms with Gasteiger partial charge in [-0.3, -0.25) is 9.59 Å². The lowest BCUT2D eigenvalue weighted by Crippen LogP contribution is -2.13. The van der Waals surface area contributed by atoms with Crippen LogP contribution in [0.4, 0.5) is 5.69 Å². The van der Waals surface area contributed by atoms with Crippen LogP contribution in [-0.2, 0) is 4.79 Å². The van der Waals surface area contributed by atoms with Gasteiger partial charge in [0, 0.05) is 12.1 Å². The van der Waals surface area contributed by atoms with E-state index in [2.05, 4.69) is 5.32 Å². The molecule has 0 aromatic heterocycles. The highest BCUT2D eigenvalue weighted by Crippen LogP contribution is 2.25. The van der Waals surface area contributed by atoms with E-state index in [9.17, 15) is 9.59 Å². The van der Waals surface area contributed by atoms with Crippen LogP contribution in [0.1, 0.15) is 23.2 Å². The lowest BCUT2D eigenvalue weighted by Gasteiger charge is -2.11. The number of nitrogens with one attached hydrogen (secondary N) is 1. The zero-order chi connectivity index (χ0) is 18.9. The maximum absolute atomic E-state index is 12.5. The highest BCUT2D eigenvalue weighted by atomic mass is 16.5. The SMILES string of the molecule is COc1ccc(OC)c(C(=O)Nc2ccc(OCCCC(=O)O)cc2)c1. The number of hydrogen-bond donors (Lipinski definition) is 2. The van der Waals surface area contributed by atoms with Crippen molar-refractivity contribution < 1.29 is 28.9 Å². The predicted molar refractivity (Wildman–Crippen MR) is 96.3 cm³/mol. The number of methoxy groups -OCH3 is 2. The number of carbonyl (C=O) groups excluding carboxylic acids is 1. The summed E-state index contributed by atoms with van der Waals surface area (Å²) in [7, 11) is 3.02. The molecule has 0 unspecified atom stereocenters. The zero-order valence-corrected chi connectivity index (χ0v) is 14.7. The number of hydrogen-bond acceptors (Lipinski definition) is 5. The first-order chi connectivity index (χ1) is 12.5. The van der Waals surface area contributed by atoms with Crippen molar-refractivity contribution in [2.45, 2.75) is 12.8 Å². The van der Waals surface area contributed by atoms with Crippen molar-refractivity contribution in [3.63, 3.8) is 0 Å². The van der Waals surface area contributed by atoms with Crippen LogP contribution in [0.3, 0.4) is 0 Å². The molecule has 2 N–H and O–H groups in total. The molecule has 7 heteroatoms. The monoisotopic (exact) mass is 359 g/mol. The van der Waals surface area contributed by atoms with E-state index in [1.807, 2.05) is 0 Å². The Bertz CT molecular complexity index is 757. The third kappa shape index (κ3) is 5.41. The Morgan fingerprint density at radius 3 is 2.31 bits per heavy atom. The molecule has 0 heterocycles. The summed E-state index contributed by atoms with van der Waals surface area (Å²) in [5.41, 5.74) is 0.957. The number of aliphatic carboxylic acids is 1. The molecule has 2 rings (SSSR count). The number of benzene rings is 2. The highest BCUT2D eigenvalue weighted by molar-refractivity contribution is 6.06. The van der Waals surface area contributed by atoms with Gasteiger partial charge < -0.3 is 24.6 Å². The molecule has 26 heavy (non-hydrogen) atoms. The van der Waals surface area contributed by atoms with Crippen molar-refractivity contribution in [1.82, 2.24) is 0 Å². The number of carboxylic acid groups (broad SMARTS) is 1. The minimum atomic E-state index is -0.848. The van der Waals surface area contributed by atoms with Gasteiger partial charge in [-0.05, 0) is 48.9 Å². The van der Waals surface area contributed by atoms with E-state index in [1.54, 1.807) is 42.5 Å². The predicted octanol–water partition coefficient (Wildman–Crippen LogP) is 3.20. The largest absolute Gasteiger partial charge is 0.497 e. The van der Waals surface area contributed by atoms with Gasteiger partial charge in [-0.1, -0.05) is 0 Å². The average Bonchev–Trinajstić information content (AvgIpc) is 2.65. The van der Waals surface area contributed by atoms with Gasteiger partial charge in [-0.2, -0.15) is 0 Å². The van der Waals surface area contributed by atoms with E-state index >= 15 is 0 Å². The quantitative estimate of drug-likeness (QED) is 0.668. The summed E-state index contributed by atoms with van der Waals surface area (Å²) in [6.07, 6.45) is 0.500. The smallest absolute Gasteiger partial charge is 0.303 e. The maximum atomic E-state index is 12.5. The Labute approximate surface area is 151 Å². The second kappa shape index (κ2) is 9.31. The summed E-state index contributed by atoms with van der Waals surface area (Å²) in [4.78, 5) is 22.9. The number of rotatable bonds is 9. The van der Waals surface area contributed by atoms with Gasteiger partial charge in [0.1, 0.15) is 17.2 Å². The summed E-state index contributed by atoms with van der Waals surface area (Å²) >= 11 is 0. The van der Waals surface area contributed by atoms with Gasteiger partial charge in [-0.15, -0.1) is 0 Å². The Kier molecular flexibility index (Phi) is 6.84. The van der Waals surface area contributed by atoms with Crippen LogP contribution >= 0.6 is 0 Å². The minimum absolute atomic E-state index is 0.0660. The Balaban J connectivity index is 1.98. The van der Waals surface area contributed by atoms with Crippen LogP contribution in [0.2, 0.25) is 0 Å². The average molecular weight is 359 g/mol. The summed E-state index contributed by atoms with van der Waals surface area (Å²) in [6.45, 7) is 0.318. The molecule has 0 radical (unpaired) electrons. The lowest BCUT2D eigenvalue weighted by atomic mass is 10.1. The van der Waals surface area contributed by atoms with Crippen LogP contribution < -0.4 is 19.5 Å². The summed E-state index contributed by atoms with van der Waals surface area (Å²) in [5, 5.41) is 11.4. The second-order valence-electron chi connectivity index (χ2n) is 5.39. The molecule has 1 amide bonds. The molecular formula is C19H21NO6. The van der Waals surface area contributed by atoms with Crippen LogP contribution in [0.5, 0.6) is 17.2 Å². The van der Waals surface area contributed by atoms with E-state index in [0.717, 1.165) is 0 Å². The molecule has 0 atom stereocenters. The molecule has 0 aliphatic carbocycles. The van der Waals surface area contributed by atoms with E-state index in [4.69, 9.17) is 19.3 Å². The van der Waals surface area contributed by atoms with Crippen LogP contribution in [0.15, 0.2) is 42.5 Å². The third-order valence-corrected chi connectivity index (χ3v) is 3.57. The Morgan fingerprint density at radius 2 is 1.69 bits per heavy atom. The molecule has 0 saturated carbocycles. The molecular weight excluding hydrogens is 338 g/mol. The van der Waals surface area contributed by atoms with Crippen molar-refractivity contribution in [1.29, 1.82) is 0 Å². The fourth-order valence-electron chi connectivity index (χ4n) is 2.24. The standard InChI is InChI=1S/C19H21NO6/c1-24-15-9-10-17(25-2)16(12-15)19(23)20-13-5-7-14(8-6-13)26-11-3-4-18(21)22/h5-10,12H,3-4,11H2,1-2H3,(H,20,23)(H,21,22). The number of anilines is 1. The second-order valence-corrected chi connectivity index (χ2v) is 5.39. The number of amides is 1.